The number of likely N-dealkylation sites (tertiary alicyclic amines) is 1. The van der Waals surface area contributed by atoms with Crippen LogP contribution in [0.4, 0.5) is 4.79 Å². The number of carbonyl (C=O) groups excluding carboxylic acids is 3. The molecule has 0 bridgehead atoms. The SMILES string of the molecule is CC1CCCN(C(=O)c2ccccc2CN2C(=O)CNC2=O)C1. The number of piperidine rings is 1. The molecule has 122 valence electrons. The van der Waals surface area contributed by atoms with Crippen LogP contribution in [-0.4, -0.2) is 47.3 Å². The van der Waals surface area contributed by atoms with Crippen molar-refractivity contribution >= 4 is 17.8 Å². The molecule has 23 heavy (non-hydrogen) atoms. The van der Waals surface area contributed by atoms with Crippen LogP contribution in [-0.2, 0) is 11.3 Å². The summed E-state index contributed by atoms with van der Waals surface area (Å²) < 4.78 is 0. The first kappa shape index (κ1) is 15.5. The molecule has 1 atom stereocenters. The Morgan fingerprint density at radius 3 is 2.78 bits per heavy atom. The van der Waals surface area contributed by atoms with Gasteiger partial charge in [0.15, 0.2) is 0 Å². The molecule has 2 heterocycles. The monoisotopic (exact) mass is 315 g/mol. The Labute approximate surface area is 135 Å². The van der Waals surface area contributed by atoms with Crippen molar-refractivity contribution in [3.05, 3.63) is 35.4 Å². The van der Waals surface area contributed by atoms with Crippen molar-refractivity contribution in [2.24, 2.45) is 5.92 Å². The lowest BCUT2D eigenvalue weighted by Gasteiger charge is -2.31. The van der Waals surface area contributed by atoms with E-state index in [9.17, 15) is 14.4 Å². The maximum absolute atomic E-state index is 12.8. The van der Waals surface area contributed by atoms with Crippen molar-refractivity contribution < 1.29 is 14.4 Å². The lowest BCUT2D eigenvalue weighted by atomic mass is 9.98. The number of hydrogen-bond acceptors (Lipinski definition) is 3. The van der Waals surface area contributed by atoms with Crippen LogP contribution in [0.1, 0.15) is 35.7 Å². The Morgan fingerprint density at radius 1 is 1.30 bits per heavy atom. The first-order valence-corrected chi connectivity index (χ1v) is 8.01. The summed E-state index contributed by atoms with van der Waals surface area (Å²) in [5, 5.41) is 2.50. The fourth-order valence-electron chi connectivity index (χ4n) is 3.20. The normalized spacial score (nSPS) is 21.5. The van der Waals surface area contributed by atoms with E-state index in [0.29, 0.717) is 17.0 Å². The predicted molar refractivity (Wildman–Crippen MR) is 84.7 cm³/mol. The molecule has 0 radical (unpaired) electrons. The number of nitrogens with zero attached hydrogens (tertiary/aromatic N) is 2. The Bertz CT molecular complexity index is 628. The molecule has 0 saturated carbocycles. The summed E-state index contributed by atoms with van der Waals surface area (Å²) in [4.78, 5) is 39.3. The maximum atomic E-state index is 12.8. The number of benzene rings is 1. The Kier molecular flexibility index (Phi) is 4.32. The average Bonchev–Trinajstić information content (AvgIpc) is 2.87. The van der Waals surface area contributed by atoms with E-state index in [1.165, 1.54) is 0 Å². The van der Waals surface area contributed by atoms with Crippen LogP contribution in [0.3, 0.4) is 0 Å². The molecular formula is C17H21N3O3. The molecule has 0 spiro atoms. The minimum absolute atomic E-state index is 0.0146. The van der Waals surface area contributed by atoms with E-state index < -0.39 is 6.03 Å². The summed E-state index contributed by atoms with van der Waals surface area (Å²) >= 11 is 0. The molecule has 2 saturated heterocycles. The highest BCUT2D eigenvalue weighted by molar-refractivity contribution is 6.02. The van der Waals surface area contributed by atoms with Crippen LogP contribution in [0.15, 0.2) is 24.3 Å². The number of amides is 4. The molecule has 4 amide bonds. The number of nitrogens with one attached hydrogen (secondary N) is 1. The van der Waals surface area contributed by atoms with Crippen LogP contribution in [0, 0.1) is 5.92 Å². The Balaban J connectivity index is 1.81. The number of carbonyl (C=O) groups is 3. The summed E-state index contributed by atoms with van der Waals surface area (Å²) in [5.41, 5.74) is 1.29. The van der Waals surface area contributed by atoms with Crippen LogP contribution in [0.25, 0.3) is 0 Å². The highest BCUT2D eigenvalue weighted by Gasteiger charge is 2.30. The van der Waals surface area contributed by atoms with E-state index >= 15 is 0 Å². The topological polar surface area (TPSA) is 69.7 Å². The molecule has 0 aliphatic carbocycles. The van der Waals surface area contributed by atoms with Gasteiger partial charge in [-0.05, 0) is 30.4 Å². The number of imide groups is 1. The fourth-order valence-corrected chi connectivity index (χ4v) is 3.20. The molecule has 2 aliphatic rings. The van der Waals surface area contributed by atoms with Gasteiger partial charge in [0.25, 0.3) is 5.91 Å². The summed E-state index contributed by atoms with van der Waals surface area (Å²) in [6.07, 6.45) is 2.16. The van der Waals surface area contributed by atoms with Crippen molar-refractivity contribution in [1.82, 2.24) is 15.1 Å². The van der Waals surface area contributed by atoms with E-state index in [0.717, 1.165) is 30.8 Å². The summed E-state index contributed by atoms with van der Waals surface area (Å²) in [7, 11) is 0. The summed E-state index contributed by atoms with van der Waals surface area (Å²) in [6.45, 7) is 3.84. The van der Waals surface area contributed by atoms with Gasteiger partial charge in [0.05, 0.1) is 13.1 Å². The van der Waals surface area contributed by atoms with E-state index in [1.54, 1.807) is 12.1 Å². The number of rotatable bonds is 3. The Hall–Kier alpha value is -2.37. The van der Waals surface area contributed by atoms with Crippen molar-refractivity contribution in [2.45, 2.75) is 26.3 Å². The molecule has 0 aromatic heterocycles. The zero-order chi connectivity index (χ0) is 16.4. The zero-order valence-corrected chi connectivity index (χ0v) is 13.2. The van der Waals surface area contributed by atoms with Gasteiger partial charge in [-0.2, -0.15) is 0 Å². The molecule has 2 aliphatic heterocycles. The van der Waals surface area contributed by atoms with E-state index in [-0.39, 0.29) is 24.9 Å². The van der Waals surface area contributed by atoms with Gasteiger partial charge < -0.3 is 10.2 Å². The van der Waals surface area contributed by atoms with Crippen molar-refractivity contribution in [3.8, 4) is 0 Å². The highest BCUT2D eigenvalue weighted by Crippen LogP contribution is 2.21. The third kappa shape index (κ3) is 3.21. The standard InChI is InChI=1S/C17H21N3O3/c1-12-5-4-8-19(10-12)16(22)14-7-3-2-6-13(14)11-20-15(21)9-18-17(20)23/h2-3,6-7,12H,4-5,8-11H2,1H3,(H,18,23). The lowest BCUT2D eigenvalue weighted by molar-refractivity contribution is -0.125. The van der Waals surface area contributed by atoms with Gasteiger partial charge in [0.1, 0.15) is 0 Å². The fraction of sp³-hybridized carbons (Fsp3) is 0.471. The third-order valence-corrected chi connectivity index (χ3v) is 4.46. The molecule has 2 fully saturated rings. The molecule has 1 unspecified atom stereocenters. The van der Waals surface area contributed by atoms with Crippen LogP contribution < -0.4 is 5.32 Å². The molecule has 1 aromatic carbocycles. The quantitative estimate of drug-likeness (QED) is 0.862. The lowest BCUT2D eigenvalue weighted by Crippen LogP contribution is -2.40. The molecule has 3 rings (SSSR count). The minimum Gasteiger partial charge on any atom is -0.338 e. The highest BCUT2D eigenvalue weighted by atomic mass is 16.2. The van der Waals surface area contributed by atoms with Crippen molar-refractivity contribution in [1.29, 1.82) is 0 Å². The number of urea groups is 1. The van der Waals surface area contributed by atoms with Crippen LogP contribution in [0.5, 0.6) is 0 Å². The first-order chi connectivity index (χ1) is 11.1. The summed E-state index contributed by atoms with van der Waals surface area (Å²) in [5.74, 6) is 0.230. The minimum atomic E-state index is -0.399. The van der Waals surface area contributed by atoms with Crippen LogP contribution in [0.2, 0.25) is 0 Å². The first-order valence-electron chi connectivity index (χ1n) is 8.01. The van der Waals surface area contributed by atoms with Crippen molar-refractivity contribution in [2.75, 3.05) is 19.6 Å². The predicted octanol–water partition coefficient (Wildman–Crippen LogP) is 1.61. The smallest absolute Gasteiger partial charge is 0.324 e. The van der Waals surface area contributed by atoms with Gasteiger partial charge in [-0.1, -0.05) is 25.1 Å². The zero-order valence-electron chi connectivity index (χ0n) is 13.2. The third-order valence-electron chi connectivity index (χ3n) is 4.46. The second-order valence-electron chi connectivity index (χ2n) is 6.29. The summed E-state index contributed by atoms with van der Waals surface area (Å²) in [6, 6.07) is 6.82. The second-order valence-corrected chi connectivity index (χ2v) is 6.29. The van der Waals surface area contributed by atoms with Gasteiger partial charge >= 0.3 is 6.03 Å². The van der Waals surface area contributed by atoms with Gasteiger partial charge in [-0.3, -0.25) is 14.5 Å². The van der Waals surface area contributed by atoms with Gasteiger partial charge in [-0.15, -0.1) is 0 Å². The van der Waals surface area contributed by atoms with Crippen LogP contribution >= 0.6 is 0 Å². The maximum Gasteiger partial charge on any atom is 0.324 e. The largest absolute Gasteiger partial charge is 0.338 e. The Morgan fingerprint density at radius 2 is 2.09 bits per heavy atom. The van der Waals surface area contributed by atoms with Crippen molar-refractivity contribution in [3.63, 3.8) is 0 Å². The second kappa shape index (κ2) is 6.40. The van der Waals surface area contributed by atoms with Gasteiger partial charge in [0, 0.05) is 18.7 Å². The molecule has 1 aromatic rings. The molecule has 1 N–H and O–H groups in total. The van der Waals surface area contributed by atoms with E-state index in [2.05, 4.69) is 12.2 Å². The van der Waals surface area contributed by atoms with Gasteiger partial charge in [-0.25, -0.2) is 4.79 Å². The van der Waals surface area contributed by atoms with E-state index in [4.69, 9.17) is 0 Å². The van der Waals surface area contributed by atoms with E-state index in [1.807, 2.05) is 17.0 Å². The molecule has 6 nitrogen and oxygen atoms in total. The average molecular weight is 315 g/mol. The molecule has 6 heteroatoms. The molecular weight excluding hydrogens is 294 g/mol. The number of hydrogen-bond donors (Lipinski definition) is 1. The van der Waals surface area contributed by atoms with Gasteiger partial charge in [0.2, 0.25) is 5.91 Å².